The molecule has 1 aromatic carbocycles. The fourth-order valence-corrected chi connectivity index (χ4v) is 3.70. The number of amides is 1. The zero-order valence-corrected chi connectivity index (χ0v) is 17.7. The maximum atomic E-state index is 13.2. The number of carbonyl (C=O) groups is 1. The predicted octanol–water partition coefficient (Wildman–Crippen LogP) is 3.37. The standard InChI is InChI=1S/C22H25N5O3/c1-13(2)20(21-25-24-19-8-6-7-9-27(19)21)23-22(28)16-10-14-11-17(29-4)18(30-5)12-15(14)26(16)3/h6-13,20H,1-5H3,(H,23,28)/t20-/m1/s1. The summed E-state index contributed by atoms with van der Waals surface area (Å²) in [5.74, 6) is 1.89. The van der Waals surface area contributed by atoms with Gasteiger partial charge in [-0.05, 0) is 30.2 Å². The van der Waals surface area contributed by atoms with Crippen LogP contribution in [0.1, 0.15) is 36.2 Å². The van der Waals surface area contributed by atoms with Crippen LogP contribution in [0.4, 0.5) is 0 Å². The van der Waals surface area contributed by atoms with Gasteiger partial charge in [-0.15, -0.1) is 10.2 Å². The van der Waals surface area contributed by atoms with Crippen molar-refractivity contribution in [2.75, 3.05) is 14.2 Å². The second-order valence-electron chi connectivity index (χ2n) is 7.54. The van der Waals surface area contributed by atoms with Crippen molar-refractivity contribution < 1.29 is 14.3 Å². The molecule has 0 aliphatic heterocycles. The highest BCUT2D eigenvalue weighted by molar-refractivity contribution is 5.99. The fraction of sp³-hybridized carbons (Fsp3) is 0.318. The van der Waals surface area contributed by atoms with E-state index in [9.17, 15) is 4.79 Å². The highest BCUT2D eigenvalue weighted by Crippen LogP contribution is 2.33. The predicted molar refractivity (Wildman–Crippen MR) is 114 cm³/mol. The third kappa shape index (κ3) is 3.24. The van der Waals surface area contributed by atoms with Crippen LogP contribution in [-0.2, 0) is 7.05 Å². The number of nitrogens with zero attached hydrogens (tertiary/aromatic N) is 4. The van der Waals surface area contributed by atoms with Gasteiger partial charge < -0.3 is 19.4 Å². The third-order valence-electron chi connectivity index (χ3n) is 5.35. The average Bonchev–Trinajstić information content (AvgIpc) is 3.31. The topological polar surface area (TPSA) is 82.7 Å². The SMILES string of the molecule is COc1cc2cc(C(=O)N[C@@H](c3nnc4ccccn34)C(C)C)n(C)c2cc1OC. The number of pyridine rings is 1. The third-order valence-corrected chi connectivity index (χ3v) is 5.35. The van der Waals surface area contributed by atoms with Crippen molar-refractivity contribution in [2.45, 2.75) is 19.9 Å². The van der Waals surface area contributed by atoms with E-state index < -0.39 is 0 Å². The van der Waals surface area contributed by atoms with Gasteiger partial charge in [0.25, 0.3) is 5.91 Å². The van der Waals surface area contributed by atoms with Crippen LogP contribution in [0.3, 0.4) is 0 Å². The van der Waals surface area contributed by atoms with E-state index >= 15 is 0 Å². The van der Waals surface area contributed by atoms with E-state index in [2.05, 4.69) is 15.5 Å². The zero-order chi connectivity index (χ0) is 21.4. The van der Waals surface area contributed by atoms with Gasteiger partial charge in [0, 0.05) is 24.7 Å². The van der Waals surface area contributed by atoms with Crippen LogP contribution < -0.4 is 14.8 Å². The Kier molecular flexibility index (Phi) is 5.07. The first-order chi connectivity index (χ1) is 14.4. The summed E-state index contributed by atoms with van der Waals surface area (Å²) in [6.45, 7) is 4.10. The van der Waals surface area contributed by atoms with Crippen molar-refractivity contribution in [1.82, 2.24) is 24.5 Å². The molecular formula is C22H25N5O3. The van der Waals surface area contributed by atoms with Crippen molar-refractivity contribution in [3.8, 4) is 11.5 Å². The van der Waals surface area contributed by atoms with E-state index in [1.165, 1.54) is 0 Å². The molecule has 0 spiro atoms. The van der Waals surface area contributed by atoms with Gasteiger partial charge in [-0.2, -0.15) is 0 Å². The Hall–Kier alpha value is -3.55. The van der Waals surface area contributed by atoms with Crippen LogP contribution in [0, 0.1) is 5.92 Å². The Labute approximate surface area is 174 Å². The highest BCUT2D eigenvalue weighted by atomic mass is 16.5. The van der Waals surface area contributed by atoms with E-state index in [0.29, 0.717) is 23.0 Å². The van der Waals surface area contributed by atoms with E-state index in [-0.39, 0.29) is 17.9 Å². The van der Waals surface area contributed by atoms with Crippen LogP contribution in [0.5, 0.6) is 11.5 Å². The number of carbonyl (C=O) groups excluding carboxylic acids is 1. The molecule has 8 nitrogen and oxygen atoms in total. The molecule has 0 unspecified atom stereocenters. The maximum Gasteiger partial charge on any atom is 0.268 e. The van der Waals surface area contributed by atoms with Crippen LogP contribution in [0.15, 0.2) is 42.6 Å². The molecule has 0 bridgehead atoms. The number of ether oxygens (including phenoxy) is 2. The number of fused-ring (bicyclic) bond motifs is 2. The number of hydrogen-bond donors (Lipinski definition) is 1. The number of aromatic nitrogens is 4. The number of nitrogens with one attached hydrogen (secondary N) is 1. The quantitative estimate of drug-likeness (QED) is 0.530. The molecule has 156 valence electrons. The lowest BCUT2D eigenvalue weighted by Gasteiger charge is -2.21. The highest BCUT2D eigenvalue weighted by Gasteiger charge is 2.26. The Bertz CT molecular complexity index is 1220. The summed E-state index contributed by atoms with van der Waals surface area (Å²) in [4.78, 5) is 13.2. The summed E-state index contributed by atoms with van der Waals surface area (Å²) in [6.07, 6.45) is 1.90. The molecule has 0 aliphatic rings. The summed E-state index contributed by atoms with van der Waals surface area (Å²) in [6, 6.07) is 11.0. The molecule has 0 fully saturated rings. The van der Waals surface area contributed by atoms with Crippen molar-refractivity contribution in [3.63, 3.8) is 0 Å². The minimum absolute atomic E-state index is 0.122. The van der Waals surface area contributed by atoms with Gasteiger partial charge in [-0.1, -0.05) is 19.9 Å². The number of benzene rings is 1. The first kappa shape index (κ1) is 19.8. The van der Waals surface area contributed by atoms with Gasteiger partial charge in [0.15, 0.2) is 23.0 Å². The molecule has 0 saturated carbocycles. The smallest absolute Gasteiger partial charge is 0.268 e. The van der Waals surface area contributed by atoms with Gasteiger partial charge >= 0.3 is 0 Å². The van der Waals surface area contributed by atoms with Gasteiger partial charge in [-0.25, -0.2) is 0 Å². The Morgan fingerprint density at radius 2 is 1.80 bits per heavy atom. The molecule has 1 amide bonds. The summed E-state index contributed by atoms with van der Waals surface area (Å²) >= 11 is 0. The minimum Gasteiger partial charge on any atom is -0.493 e. The van der Waals surface area contributed by atoms with Crippen LogP contribution in [0.2, 0.25) is 0 Å². The number of hydrogen-bond acceptors (Lipinski definition) is 5. The molecule has 30 heavy (non-hydrogen) atoms. The molecule has 4 rings (SSSR count). The molecule has 8 heteroatoms. The number of rotatable bonds is 6. The van der Waals surface area contributed by atoms with E-state index in [1.807, 2.05) is 72.5 Å². The van der Waals surface area contributed by atoms with Gasteiger partial charge in [-0.3, -0.25) is 9.20 Å². The second kappa shape index (κ2) is 7.70. The summed E-state index contributed by atoms with van der Waals surface area (Å²) in [5.41, 5.74) is 2.17. The van der Waals surface area contributed by atoms with E-state index in [1.54, 1.807) is 14.2 Å². The van der Waals surface area contributed by atoms with Crippen LogP contribution >= 0.6 is 0 Å². The minimum atomic E-state index is -0.294. The fourth-order valence-electron chi connectivity index (χ4n) is 3.70. The average molecular weight is 407 g/mol. The summed E-state index contributed by atoms with van der Waals surface area (Å²) < 4.78 is 14.5. The van der Waals surface area contributed by atoms with Crippen molar-refractivity contribution in [3.05, 3.63) is 54.1 Å². The number of aryl methyl sites for hydroxylation is 1. The van der Waals surface area contributed by atoms with Crippen molar-refractivity contribution in [2.24, 2.45) is 13.0 Å². The number of methoxy groups -OCH3 is 2. The summed E-state index contributed by atoms with van der Waals surface area (Å²) in [7, 11) is 5.05. The normalized spacial score (nSPS) is 12.5. The van der Waals surface area contributed by atoms with Gasteiger partial charge in [0.05, 0.1) is 25.8 Å². The molecule has 3 aromatic heterocycles. The molecule has 0 saturated heterocycles. The van der Waals surface area contributed by atoms with Crippen LogP contribution in [-0.4, -0.2) is 39.3 Å². The van der Waals surface area contributed by atoms with Crippen molar-refractivity contribution in [1.29, 1.82) is 0 Å². The molecule has 1 N–H and O–H groups in total. The molecule has 0 aliphatic carbocycles. The van der Waals surface area contributed by atoms with Gasteiger partial charge in [0.1, 0.15) is 5.69 Å². The zero-order valence-electron chi connectivity index (χ0n) is 17.7. The first-order valence-corrected chi connectivity index (χ1v) is 9.76. The molecule has 3 heterocycles. The maximum absolute atomic E-state index is 13.2. The largest absolute Gasteiger partial charge is 0.493 e. The van der Waals surface area contributed by atoms with Crippen molar-refractivity contribution >= 4 is 22.5 Å². The first-order valence-electron chi connectivity index (χ1n) is 9.76. The lowest BCUT2D eigenvalue weighted by Crippen LogP contribution is -2.34. The second-order valence-corrected chi connectivity index (χ2v) is 7.54. The molecule has 4 aromatic rings. The lowest BCUT2D eigenvalue weighted by atomic mass is 10.0. The Morgan fingerprint density at radius 1 is 1.07 bits per heavy atom. The Morgan fingerprint density at radius 3 is 2.50 bits per heavy atom. The molecular weight excluding hydrogens is 382 g/mol. The summed E-state index contributed by atoms with van der Waals surface area (Å²) in [5, 5.41) is 12.6. The van der Waals surface area contributed by atoms with E-state index in [0.717, 1.165) is 16.6 Å². The molecule has 1 atom stereocenters. The Balaban J connectivity index is 1.71. The molecule has 0 radical (unpaired) electrons. The van der Waals surface area contributed by atoms with Gasteiger partial charge in [0.2, 0.25) is 0 Å². The lowest BCUT2D eigenvalue weighted by molar-refractivity contribution is 0.0915. The van der Waals surface area contributed by atoms with E-state index in [4.69, 9.17) is 9.47 Å². The monoisotopic (exact) mass is 407 g/mol. The van der Waals surface area contributed by atoms with Crippen LogP contribution in [0.25, 0.3) is 16.6 Å².